The first kappa shape index (κ1) is 11.0. The number of hydrogen-bond donors (Lipinski definition) is 1. The molecular formula is C11H8Cl2N2O. The summed E-state index contributed by atoms with van der Waals surface area (Å²) in [6, 6.07) is 8.30. The minimum absolute atomic E-state index is 0.415. The molecule has 0 spiro atoms. The molecule has 82 valence electrons. The fourth-order valence-corrected chi connectivity index (χ4v) is 1.43. The van der Waals surface area contributed by atoms with Crippen molar-refractivity contribution in [3.63, 3.8) is 0 Å². The first-order chi connectivity index (χ1) is 7.65. The molecule has 1 aromatic heterocycles. The molecule has 0 aliphatic carbocycles. The van der Waals surface area contributed by atoms with E-state index in [-0.39, 0.29) is 0 Å². The van der Waals surface area contributed by atoms with Crippen LogP contribution < -0.4 is 10.5 Å². The number of rotatable bonds is 2. The van der Waals surface area contributed by atoms with Crippen molar-refractivity contribution in [3.8, 4) is 11.6 Å². The van der Waals surface area contributed by atoms with Gasteiger partial charge < -0.3 is 10.5 Å². The van der Waals surface area contributed by atoms with E-state index in [2.05, 4.69) is 4.98 Å². The van der Waals surface area contributed by atoms with Gasteiger partial charge in [0.05, 0.1) is 10.0 Å². The van der Waals surface area contributed by atoms with Crippen molar-refractivity contribution in [2.45, 2.75) is 0 Å². The Kier molecular flexibility index (Phi) is 3.17. The van der Waals surface area contributed by atoms with Crippen LogP contribution in [0.25, 0.3) is 0 Å². The van der Waals surface area contributed by atoms with E-state index < -0.39 is 0 Å². The van der Waals surface area contributed by atoms with Gasteiger partial charge in [-0.3, -0.25) is 0 Å². The van der Waals surface area contributed by atoms with Crippen molar-refractivity contribution in [2.75, 3.05) is 5.73 Å². The second-order valence-electron chi connectivity index (χ2n) is 3.11. The van der Waals surface area contributed by atoms with Gasteiger partial charge in [0.25, 0.3) is 0 Å². The Balaban J connectivity index is 2.24. The van der Waals surface area contributed by atoms with Gasteiger partial charge in [0.15, 0.2) is 0 Å². The molecule has 0 aliphatic rings. The zero-order chi connectivity index (χ0) is 11.5. The standard InChI is InChI=1S/C11H8Cl2N2O/c12-9-2-1-8(6-10(9)13)16-11-5-7(14)3-4-15-11/h1-6H,(H2,14,15). The number of ether oxygens (including phenoxy) is 1. The lowest BCUT2D eigenvalue weighted by molar-refractivity contribution is 0.463. The number of benzene rings is 1. The third-order valence-electron chi connectivity index (χ3n) is 1.87. The summed E-state index contributed by atoms with van der Waals surface area (Å²) in [5, 5.41) is 0.914. The zero-order valence-electron chi connectivity index (χ0n) is 8.15. The fraction of sp³-hybridized carbons (Fsp3) is 0. The van der Waals surface area contributed by atoms with Crippen molar-refractivity contribution in [1.29, 1.82) is 0 Å². The second-order valence-corrected chi connectivity index (χ2v) is 3.92. The smallest absolute Gasteiger partial charge is 0.221 e. The molecule has 0 aliphatic heterocycles. The third kappa shape index (κ3) is 2.56. The Bertz CT molecular complexity index is 517. The van der Waals surface area contributed by atoms with E-state index in [4.69, 9.17) is 33.7 Å². The molecule has 2 rings (SSSR count). The highest BCUT2D eigenvalue weighted by Gasteiger charge is 2.02. The molecule has 3 nitrogen and oxygen atoms in total. The van der Waals surface area contributed by atoms with Gasteiger partial charge in [-0.25, -0.2) is 4.98 Å². The van der Waals surface area contributed by atoms with Crippen molar-refractivity contribution >= 4 is 28.9 Å². The van der Waals surface area contributed by atoms with E-state index in [0.717, 1.165) is 0 Å². The largest absolute Gasteiger partial charge is 0.439 e. The van der Waals surface area contributed by atoms with Crippen LogP contribution in [0.1, 0.15) is 0 Å². The van der Waals surface area contributed by atoms with Crippen molar-refractivity contribution < 1.29 is 4.74 Å². The molecule has 1 aromatic carbocycles. The lowest BCUT2D eigenvalue weighted by Gasteiger charge is -2.05. The monoisotopic (exact) mass is 254 g/mol. The molecule has 0 bridgehead atoms. The lowest BCUT2D eigenvalue weighted by Crippen LogP contribution is -1.90. The molecule has 0 unspecified atom stereocenters. The lowest BCUT2D eigenvalue weighted by atomic mass is 10.3. The Labute approximate surface area is 103 Å². The summed E-state index contributed by atoms with van der Waals surface area (Å²) in [6.45, 7) is 0. The molecule has 0 saturated carbocycles. The quantitative estimate of drug-likeness (QED) is 0.888. The molecule has 2 aromatic rings. The number of aromatic nitrogens is 1. The fourth-order valence-electron chi connectivity index (χ4n) is 1.14. The van der Waals surface area contributed by atoms with E-state index in [1.807, 2.05) is 0 Å². The van der Waals surface area contributed by atoms with Gasteiger partial charge >= 0.3 is 0 Å². The highest BCUT2D eigenvalue weighted by Crippen LogP contribution is 2.28. The van der Waals surface area contributed by atoms with Gasteiger partial charge in [-0.1, -0.05) is 23.2 Å². The first-order valence-electron chi connectivity index (χ1n) is 4.49. The van der Waals surface area contributed by atoms with Crippen LogP contribution >= 0.6 is 23.2 Å². The van der Waals surface area contributed by atoms with E-state index in [1.54, 1.807) is 36.5 Å². The van der Waals surface area contributed by atoms with Gasteiger partial charge in [0.1, 0.15) is 5.75 Å². The molecule has 1 heterocycles. The predicted molar refractivity (Wildman–Crippen MR) is 65.2 cm³/mol. The van der Waals surface area contributed by atoms with Crippen LogP contribution in [-0.4, -0.2) is 4.98 Å². The number of nitrogens with zero attached hydrogens (tertiary/aromatic N) is 1. The maximum absolute atomic E-state index is 5.85. The minimum atomic E-state index is 0.415. The third-order valence-corrected chi connectivity index (χ3v) is 2.61. The van der Waals surface area contributed by atoms with Gasteiger partial charge in [0, 0.05) is 24.0 Å². The molecule has 0 radical (unpaired) electrons. The first-order valence-corrected chi connectivity index (χ1v) is 5.25. The highest BCUT2D eigenvalue weighted by atomic mass is 35.5. The summed E-state index contributed by atoms with van der Waals surface area (Å²) in [6.07, 6.45) is 1.57. The Hall–Kier alpha value is -1.45. The predicted octanol–water partition coefficient (Wildman–Crippen LogP) is 3.76. The Morgan fingerprint density at radius 1 is 1.06 bits per heavy atom. The Morgan fingerprint density at radius 3 is 2.56 bits per heavy atom. The van der Waals surface area contributed by atoms with Crippen molar-refractivity contribution in [2.24, 2.45) is 0 Å². The molecule has 16 heavy (non-hydrogen) atoms. The van der Waals surface area contributed by atoms with E-state index in [9.17, 15) is 0 Å². The maximum Gasteiger partial charge on any atom is 0.221 e. The van der Waals surface area contributed by atoms with Crippen LogP contribution in [0.5, 0.6) is 11.6 Å². The average molecular weight is 255 g/mol. The summed E-state index contributed by atoms with van der Waals surface area (Å²) in [5.41, 5.74) is 6.19. The van der Waals surface area contributed by atoms with E-state index >= 15 is 0 Å². The van der Waals surface area contributed by atoms with Crippen LogP contribution in [0.15, 0.2) is 36.5 Å². The van der Waals surface area contributed by atoms with Gasteiger partial charge in [-0.05, 0) is 18.2 Å². The van der Waals surface area contributed by atoms with E-state index in [1.165, 1.54) is 0 Å². The molecule has 0 amide bonds. The van der Waals surface area contributed by atoms with Crippen LogP contribution in [-0.2, 0) is 0 Å². The topological polar surface area (TPSA) is 48.1 Å². The number of nitrogen functional groups attached to an aromatic ring is 1. The zero-order valence-corrected chi connectivity index (χ0v) is 9.66. The highest BCUT2D eigenvalue weighted by molar-refractivity contribution is 6.42. The number of halogens is 2. The average Bonchev–Trinajstić information content (AvgIpc) is 2.24. The van der Waals surface area contributed by atoms with E-state index in [0.29, 0.717) is 27.4 Å². The summed E-state index contributed by atoms with van der Waals surface area (Å²) >= 11 is 11.6. The summed E-state index contributed by atoms with van der Waals surface area (Å²) in [4.78, 5) is 4.01. The molecule has 0 fully saturated rings. The van der Waals surface area contributed by atoms with Gasteiger partial charge in [-0.15, -0.1) is 0 Å². The Morgan fingerprint density at radius 2 is 1.88 bits per heavy atom. The molecular weight excluding hydrogens is 247 g/mol. The number of nitrogens with two attached hydrogens (primary N) is 1. The van der Waals surface area contributed by atoms with Crippen molar-refractivity contribution in [1.82, 2.24) is 4.98 Å². The van der Waals surface area contributed by atoms with Crippen molar-refractivity contribution in [3.05, 3.63) is 46.6 Å². The maximum atomic E-state index is 5.85. The minimum Gasteiger partial charge on any atom is -0.439 e. The van der Waals surface area contributed by atoms with Gasteiger partial charge in [-0.2, -0.15) is 0 Å². The molecule has 0 saturated heterocycles. The summed E-state index contributed by atoms with van der Waals surface area (Å²) < 4.78 is 5.46. The molecule has 5 heteroatoms. The molecule has 0 atom stereocenters. The number of hydrogen-bond acceptors (Lipinski definition) is 3. The SMILES string of the molecule is Nc1ccnc(Oc2ccc(Cl)c(Cl)c2)c1. The van der Waals surface area contributed by atoms with Crippen LogP contribution in [0.4, 0.5) is 5.69 Å². The molecule has 2 N–H and O–H groups in total. The normalized spacial score (nSPS) is 10.1. The number of anilines is 1. The van der Waals surface area contributed by atoms with Crippen LogP contribution in [0.3, 0.4) is 0 Å². The summed E-state index contributed by atoms with van der Waals surface area (Å²) in [5.74, 6) is 0.978. The van der Waals surface area contributed by atoms with Gasteiger partial charge in [0.2, 0.25) is 5.88 Å². The second kappa shape index (κ2) is 4.60. The van der Waals surface area contributed by atoms with Crippen LogP contribution in [0, 0.1) is 0 Å². The summed E-state index contributed by atoms with van der Waals surface area (Å²) in [7, 11) is 0. The number of pyridine rings is 1. The van der Waals surface area contributed by atoms with Crippen LogP contribution in [0.2, 0.25) is 10.0 Å².